The number of aldehydes is 1. The molecule has 196 valence electrons. The third-order valence-corrected chi connectivity index (χ3v) is 8.97. The van der Waals surface area contributed by atoms with Crippen LogP contribution in [0.4, 0.5) is 11.4 Å². The Morgan fingerprint density at radius 2 is 1.92 bits per heavy atom. The summed E-state index contributed by atoms with van der Waals surface area (Å²) in [5.74, 6) is -0.332. The first-order valence-electron chi connectivity index (χ1n) is 12.6. The molecule has 0 aliphatic carbocycles. The molecule has 2 aromatic carbocycles. The van der Waals surface area contributed by atoms with Crippen molar-refractivity contribution in [2.45, 2.75) is 55.2 Å². The molecule has 2 fully saturated rings. The van der Waals surface area contributed by atoms with Gasteiger partial charge >= 0.3 is 0 Å². The molecule has 3 unspecified atom stereocenters. The molecule has 0 bridgehead atoms. The molecule has 3 aliphatic rings. The van der Waals surface area contributed by atoms with Crippen LogP contribution in [0.3, 0.4) is 0 Å². The number of hydrogen-bond acceptors (Lipinski definition) is 7. The fourth-order valence-electron chi connectivity index (χ4n) is 5.81. The van der Waals surface area contributed by atoms with Crippen LogP contribution >= 0.6 is 0 Å². The predicted molar refractivity (Wildman–Crippen MR) is 141 cm³/mol. The molecular weight excluding hydrogens is 492 g/mol. The van der Waals surface area contributed by atoms with Crippen molar-refractivity contribution in [3.05, 3.63) is 53.6 Å². The summed E-state index contributed by atoms with van der Waals surface area (Å²) in [4.78, 5) is 42.9. The number of nitrogens with one attached hydrogen (secondary N) is 1. The molecule has 2 aromatic rings. The summed E-state index contributed by atoms with van der Waals surface area (Å²) < 4.78 is 24.1. The zero-order valence-electron chi connectivity index (χ0n) is 21.1. The van der Waals surface area contributed by atoms with E-state index in [1.807, 2.05) is 24.3 Å². The highest BCUT2D eigenvalue weighted by atomic mass is 32.2. The zero-order chi connectivity index (χ0) is 26.3. The van der Waals surface area contributed by atoms with Gasteiger partial charge in [-0.2, -0.15) is 0 Å². The van der Waals surface area contributed by atoms with Gasteiger partial charge in [0.05, 0.1) is 23.0 Å². The molecule has 0 radical (unpaired) electrons. The van der Waals surface area contributed by atoms with E-state index < -0.39 is 15.9 Å². The van der Waals surface area contributed by atoms with Crippen LogP contribution in [0.25, 0.3) is 0 Å². The molecule has 0 saturated carbocycles. The number of carbonyl (C=O) groups excluding carboxylic acids is 3. The molecule has 10 heteroatoms. The SMILES string of the molecule is CNC(=O)CCC(C=O)N1Cc2cc(N3CC4C3CCCN4c3cccc(S(C)(=O)=O)c3)ccc2C1=O. The van der Waals surface area contributed by atoms with Gasteiger partial charge in [-0.25, -0.2) is 8.42 Å². The van der Waals surface area contributed by atoms with Gasteiger partial charge in [-0.3, -0.25) is 9.59 Å². The maximum absolute atomic E-state index is 13.0. The molecule has 3 atom stereocenters. The Balaban J connectivity index is 1.30. The van der Waals surface area contributed by atoms with Gasteiger partial charge in [-0.05, 0) is 61.2 Å². The third-order valence-electron chi connectivity index (χ3n) is 7.86. The normalized spacial score (nSPS) is 21.7. The predicted octanol–water partition coefficient (Wildman–Crippen LogP) is 2.00. The van der Waals surface area contributed by atoms with E-state index in [1.54, 1.807) is 30.1 Å². The van der Waals surface area contributed by atoms with Gasteiger partial charge in [-0.1, -0.05) is 6.07 Å². The maximum Gasteiger partial charge on any atom is 0.255 e. The lowest BCUT2D eigenvalue weighted by Gasteiger charge is -2.57. The van der Waals surface area contributed by atoms with E-state index in [0.717, 1.165) is 49.2 Å². The summed E-state index contributed by atoms with van der Waals surface area (Å²) >= 11 is 0. The second-order valence-electron chi connectivity index (χ2n) is 10.1. The number of sulfone groups is 1. The number of piperidine rings is 1. The molecule has 1 N–H and O–H groups in total. The van der Waals surface area contributed by atoms with Crippen molar-refractivity contribution in [1.82, 2.24) is 10.2 Å². The minimum Gasteiger partial charge on any atom is -0.365 e. The summed E-state index contributed by atoms with van der Waals surface area (Å²) in [5.41, 5.74) is 3.49. The zero-order valence-corrected chi connectivity index (χ0v) is 21.9. The fraction of sp³-hybridized carbons (Fsp3) is 0.444. The van der Waals surface area contributed by atoms with E-state index in [9.17, 15) is 22.8 Å². The standard InChI is InChI=1S/C27H32N4O5S/c1-28-26(33)11-9-21(17-32)31-15-18-13-20(8-10-23(18)27(31)34)30-16-25-24(30)7-4-12-29(25)19-5-3-6-22(14-19)37(2,35)36/h3,5-6,8,10,13-14,17,21,24-25H,4,7,9,11-12,15-16H2,1-2H3,(H,28,33). The lowest BCUT2D eigenvalue weighted by Crippen LogP contribution is -2.69. The molecule has 2 amide bonds. The largest absolute Gasteiger partial charge is 0.365 e. The monoisotopic (exact) mass is 524 g/mol. The second-order valence-corrected chi connectivity index (χ2v) is 12.1. The average Bonchev–Trinajstić information content (AvgIpc) is 3.20. The van der Waals surface area contributed by atoms with Crippen molar-refractivity contribution in [3.63, 3.8) is 0 Å². The first-order chi connectivity index (χ1) is 17.7. The molecule has 9 nitrogen and oxygen atoms in total. The van der Waals surface area contributed by atoms with Crippen LogP contribution in [0.2, 0.25) is 0 Å². The highest BCUT2D eigenvalue weighted by Gasteiger charge is 2.45. The Labute approximate surface area is 217 Å². The molecule has 5 rings (SSSR count). The van der Waals surface area contributed by atoms with Gasteiger partial charge in [0.15, 0.2) is 9.84 Å². The summed E-state index contributed by atoms with van der Waals surface area (Å²) in [6, 6.07) is 13.0. The number of carbonyl (C=O) groups is 3. The highest BCUT2D eigenvalue weighted by molar-refractivity contribution is 7.90. The number of hydrogen-bond donors (Lipinski definition) is 1. The molecule has 2 saturated heterocycles. The van der Waals surface area contributed by atoms with Crippen LogP contribution < -0.4 is 15.1 Å². The fourth-order valence-corrected chi connectivity index (χ4v) is 6.47. The Hall–Kier alpha value is -3.40. The third kappa shape index (κ3) is 4.70. The first-order valence-corrected chi connectivity index (χ1v) is 14.5. The van der Waals surface area contributed by atoms with Crippen LogP contribution in [0.1, 0.15) is 41.6 Å². The van der Waals surface area contributed by atoms with Gasteiger partial charge in [0.25, 0.3) is 5.91 Å². The Kier molecular flexibility index (Phi) is 6.70. The van der Waals surface area contributed by atoms with Crippen molar-refractivity contribution in [2.75, 3.05) is 36.2 Å². The molecular formula is C27H32N4O5S. The molecule has 3 heterocycles. The highest BCUT2D eigenvalue weighted by Crippen LogP contribution is 2.40. The topological polar surface area (TPSA) is 107 Å². The van der Waals surface area contributed by atoms with Gasteiger partial charge in [0.2, 0.25) is 5.91 Å². The summed E-state index contributed by atoms with van der Waals surface area (Å²) in [7, 11) is -1.72. The van der Waals surface area contributed by atoms with E-state index in [-0.39, 0.29) is 18.2 Å². The van der Waals surface area contributed by atoms with Crippen molar-refractivity contribution in [1.29, 1.82) is 0 Å². The van der Waals surface area contributed by atoms with E-state index in [2.05, 4.69) is 15.1 Å². The number of fused-ring (bicyclic) bond motifs is 2. The van der Waals surface area contributed by atoms with Crippen molar-refractivity contribution in [2.24, 2.45) is 0 Å². The van der Waals surface area contributed by atoms with Crippen LogP contribution in [0, 0.1) is 0 Å². The maximum atomic E-state index is 13.0. The minimum absolute atomic E-state index is 0.157. The van der Waals surface area contributed by atoms with E-state index in [4.69, 9.17) is 0 Å². The van der Waals surface area contributed by atoms with E-state index in [1.165, 1.54) is 6.26 Å². The summed E-state index contributed by atoms with van der Waals surface area (Å²) in [6.07, 6.45) is 4.51. The molecule has 3 aliphatic heterocycles. The number of rotatable bonds is 8. The quantitative estimate of drug-likeness (QED) is 0.527. The molecule has 0 spiro atoms. The Bertz CT molecular complexity index is 1340. The Morgan fingerprint density at radius 1 is 1.14 bits per heavy atom. The van der Waals surface area contributed by atoms with Crippen molar-refractivity contribution >= 4 is 39.3 Å². The van der Waals surface area contributed by atoms with E-state index >= 15 is 0 Å². The second kappa shape index (κ2) is 9.81. The summed E-state index contributed by atoms with van der Waals surface area (Å²) in [5, 5.41) is 2.55. The van der Waals surface area contributed by atoms with Gasteiger partial charge in [0.1, 0.15) is 6.29 Å². The summed E-state index contributed by atoms with van der Waals surface area (Å²) in [6.45, 7) is 2.05. The van der Waals surface area contributed by atoms with Crippen molar-refractivity contribution in [3.8, 4) is 0 Å². The van der Waals surface area contributed by atoms with Gasteiger partial charge < -0.3 is 24.8 Å². The van der Waals surface area contributed by atoms with Gasteiger partial charge in [0, 0.05) is 56.3 Å². The number of nitrogens with zero attached hydrogens (tertiary/aromatic N) is 3. The average molecular weight is 525 g/mol. The lowest BCUT2D eigenvalue weighted by atomic mass is 9.85. The smallest absolute Gasteiger partial charge is 0.255 e. The van der Waals surface area contributed by atoms with Crippen LogP contribution in [0.15, 0.2) is 47.4 Å². The van der Waals surface area contributed by atoms with Crippen molar-refractivity contribution < 1.29 is 22.8 Å². The number of amides is 2. The number of anilines is 2. The number of benzene rings is 2. The Morgan fingerprint density at radius 3 is 2.65 bits per heavy atom. The van der Waals surface area contributed by atoms with Gasteiger partial charge in [-0.15, -0.1) is 0 Å². The van der Waals surface area contributed by atoms with Crippen LogP contribution in [0.5, 0.6) is 0 Å². The minimum atomic E-state index is -3.27. The lowest BCUT2D eigenvalue weighted by molar-refractivity contribution is -0.121. The van der Waals surface area contributed by atoms with Crippen LogP contribution in [-0.2, 0) is 26.0 Å². The van der Waals surface area contributed by atoms with E-state index in [0.29, 0.717) is 35.5 Å². The molecule has 37 heavy (non-hydrogen) atoms. The molecule has 0 aromatic heterocycles. The van der Waals surface area contributed by atoms with Crippen LogP contribution in [-0.4, -0.2) is 75.9 Å². The first kappa shape index (κ1) is 25.3.